The molecule has 0 saturated carbocycles. The summed E-state index contributed by atoms with van der Waals surface area (Å²) in [7, 11) is 0. The molecular formula is C10H13ClN2O. The van der Waals surface area contributed by atoms with Crippen LogP contribution in [0.1, 0.15) is 23.7 Å². The lowest BCUT2D eigenvalue weighted by molar-refractivity contribution is 0.0954. The maximum atomic E-state index is 11.6. The predicted molar refractivity (Wildman–Crippen MR) is 58.5 cm³/mol. The Morgan fingerprint density at radius 1 is 1.57 bits per heavy atom. The number of carbonyl (C=O) groups excluding carboxylic acids is 1. The van der Waals surface area contributed by atoms with Gasteiger partial charge in [0.05, 0.1) is 10.6 Å². The van der Waals surface area contributed by atoms with Gasteiger partial charge in [-0.2, -0.15) is 0 Å². The fraction of sp³-hybridized carbons (Fsp3) is 0.300. The fourth-order valence-electron chi connectivity index (χ4n) is 1.11. The van der Waals surface area contributed by atoms with Crippen molar-refractivity contribution in [3.05, 3.63) is 28.8 Å². The van der Waals surface area contributed by atoms with Crippen molar-refractivity contribution in [2.75, 3.05) is 12.3 Å². The molecule has 0 aliphatic carbocycles. The lowest BCUT2D eigenvalue weighted by Crippen LogP contribution is -2.25. The molecule has 0 radical (unpaired) electrons. The van der Waals surface area contributed by atoms with Crippen molar-refractivity contribution in [2.45, 2.75) is 13.3 Å². The van der Waals surface area contributed by atoms with Crippen LogP contribution in [0.5, 0.6) is 0 Å². The topological polar surface area (TPSA) is 55.1 Å². The molecule has 1 rings (SSSR count). The number of hydrogen-bond donors (Lipinski definition) is 2. The number of benzene rings is 1. The van der Waals surface area contributed by atoms with Crippen molar-refractivity contribution < 1.29 is 4.79 Å². The molecule has 0 unspecified atom stereocenters. The van der Waals surface area contributed by atoms with Gasteiger partial charge in [-0.1, -0.05) is 24.6 Å². The third kappa shape index (κ3) is 2.39. The van der Waals surface area contributed by atoms with Crippen LogP contribution in [0, 0.1) is 0 Å². The summed E-state index contributed by atoms with van der Waals surface area (Å²) in [5.74, 6) is -0.213. The zero-order valence-electron chi connectivity index (χ0n) is 8.01. The van der Waals surface area contributed by atoms with E-state index in [4.69, 9.17) is 17.3 Å². The monoisotopic (exact) mass is 212 g/mol. The van der Waals surface area contributed by atoms with Gasteiger partial charge in [-0.05, 0) is 18.6 Å². The molecule has 0 atom stereocenters. The van der Waals surface area contributed by atoms with E-state index >= 15 is 0 Å². The SMILES string of the molecule is CCCNC(=O)c1c(N)cccc1Cl. The third-order valence-electron chi connectivity index (χ3n) is 1.81. The molecule has 1 aromatic rings. The maximum absolute atomic E-state index is 11.6. The number of nitrogen functional groups attached to an aromatic ring is 1. The molecule has 0 spiro atoms. The molecule has 0 saturated heterocycles. The van der Waals surface area contributed by atoms with Gasteiger partial charge < -0.3 is 11.1 Å². The van der Waals surface area contributed by atoms with Crippen LogP contribution in [-0.4, -0.2) is 12.5 Å². The third-order valence-corrected chi connectivity index (χ3v) is 2.12. The van der Waals surface area contributed by atoms with Crippen molar-refractivity contribution in [1.82, 2.24) is 5.32 Å². The number of hydrogen-bond acceptors (Lipinski definition) is 2. The predicted octanol–water partition coefficient (Wildman–Crippen LogP) is 2.06. The van der Waals surface area contributed by atoms with Crippen LogP contribution in [0.15, 0.2) is 18.2 Å². The molecule has 0 bridgehead atoms. The van der Waals surface area contributed by atoms with E-state index in [0.717, 1.165) is 6.42 Å². The van der Waals surface area contributed by atoms with Crippen LogP contribution in [0.25, 0.3) is 0 Å². The molecule has 3 N–H and O–H groups in total. The molecule has 76 valence electrons. The number of halogens is 1. The second kappa shape index (κ2) is 4.86. The van der Waals surface area contributed by atoms with E-state index in [1.165, 1.54) is 0 Å². The van der Waals surface area contributed by atoms with E-state index in [0.29, 0.717) is 22.8 Å². The number of anilines is 1. The van der Waals surface area contributed by atoms with Crippen LogP contribution < -0.4 is 11.1 Å². The van der Waals surface area contributed by atoms with Crippen molar-refractivity contribution >= 4 is 23.2 Å². The normalized spacial score (nSPS) is 9.86. The molecule has 1 aromatic carbocycles. The van der Waals surface area contributed by atoms with Crippen LogP contribution >= 0.6 is 11.6 Å². The Kier molecular flexibility index (Phi) is 3.77. The molecule has 4 heteroatoms. The summed E-state index contributed by atoms with van der Waals surface area (Å²) in [6.45, 7) is 2.61. The van der Waals surface area contributed by atoms with E-state index in [9.17, 15) is 4.79 Å². The highest BCUT2D eigenvalue weighted by molar-refractivity contribution is 6.34. The van der Waals surface area contributed by atoms with Crippen LogP contribution in [0.4, 0.5) is 5.69 Å². The van der Waals surface area contributed by atoms with Gasteiger partial charge in [0.2, 0.25) is 0 Å². The Morgan fingerprint density at radius 2 is 2.29 bits per heavy atom. The van der Waals surface area contributed by atoms with Gasteiger partial charge in [0.1, 0.15) is 0 Å². The molecule has 3 nitrogen and oxygen atoms in total. The molecule has 14 heavy (non-hydrogen) atoms. The second-order valence-electron chi connectivity index (χ2n) is 2.96. The first-order valence-electron chi connectivity index (χ1n) is 4.49. The Bertz CT molecular complexity index is 319. The number of rotatable bonds is 3. The summed E-state index contributed by atoms with van der Waals surface area (Å²) in [5.41, 5.74) is 6.42. The molecule has 0 heterocycles. The highest BCUT2D eigenvalue weighted by Crippen LogP contribution is 2.21. The first-order chi connectivity index (χ1) is 6.66. The van der Waals surface area contributed by atoms with E-state index in [1.54, 1.807) is 18.2 Å². The van der Waals surface area contributed by atoms with Crippen molar-refractivity contribution in [3.63, 3.8) is 0 Å². The zero-order chi connectivity index (χ0) is 10.6. The smallest absolute Gasteiger partial charge is 0.254 e. The maximum Gasteiger partial charge on any atom is 0.254 e. The van der Waals surface area contributed by atoms with Crippen LogP contribution in [-0.2, 0) is 0 Å². The average molecular weight is 213 g/mol. The summed E-state index contributed by atoms with van der Waals surface area (Å²) >= 11 is 5.86. The first-order valence-corrected chi connectivity index (χ1v) is 4.86. The van der Waals surface area contributed by atoms with Crippen LogP contribution in [0.2, 0.25) is 5.02 Å². The standard InChI is InChI=1S/C10H13ClN2O/c1-2-6-13-10(14)9-7(11)4-3-5-8(9)12/h3-5H,2,6,12H2,1H3,(H,13,14). The van der Waals surface area contributed by atoms with Crippen molar-refractivity contribution in [1.29, 1.82) is 0 Å². The summed E-state index contributed by atoms with van der Waals surface area (Å²) < 4.78 is 0. The lowest BCUT2D eigenvalue weighted by Gasteiger charge is -2.07. The first kappa shape index (κ1) is 10.9. The van der Waals surface area contributed by atoms with Gasteiger partial charge in [-0.25, -0.2) is 0 Å². The van der Waals surface area contributed by atoms with Crippen molar-refractivity contribution in [3.8, 4) is 0 Å². The van der Waals surface area contributed by atoms with Gasteiger partial charge in [0.15, 0.2) is 0 Å². The van der Waals surface area contributed by atoms with Gasteiger partial charge in [0.25, 0.3) is 5.91 Å². The minimum Gasteiger partial charge on any atom is -0.398 e. The largest absolute Gasteiger partial charge is 0.398 e. The minimum atomic E-state index is -0.213. The molecule has 0 aliphatic heterocycles. The van der Waals surface area contributed by atoms with Crippen molar-refractivity contribution in [2.24, 2.45) is 0 Å². The van der Waals surface area contributed by atoms with Gasteiger partial charge in [-0.15, -0.1) is 0 Å². The number of amides is 1. The number of nitrogens with two attached hydrogens (primary N) is 1. The van der Waals surface area contributed by atoms with Gasteiger partial charge >= 0.3 is 0 Å². The Labute approximate surface area is 88.2 Å². The zero-order valence-corrected chi connectivity index (χ0v) is 8.77. The summed E-state index contributed by atoms with van der Waals surface area (Å²) in [4.78, 5) is 11.6. The Balaban J connectivity index is 2.89. The quantitative estimate of drug-likeness (QED) is 0.754. The fourth-order valence-corrected chi connectivity index (χ4v) is 1.37. The second-order valence-corrected chi connectivity index (χ2v) is 3.37. The number of nitrogens with one attached hydrogen (secondary N) is 1. The molecule has 0 aromatic heterocycles. The van der Waals surface area contributed by atoms with E-state index in [1.807, 2.05) is 6.92 Å². The lowest BCUT2D eigenvalue weighted by atomic mass is 10.1. The molecule has 0 aliphatic rings. The number of carbonyl (C=O) groups is 1. The average Bonchev–Trinajstić information content (AvgIpc) is 2.14. The van der Waals surface area contributed by atoms with Gasteiger partial charge in [0, 0.05) is 12.2 Å². The van der Waals surface area contributed by atoms with Gasteiger partial charge in [-0.3, -0.25) is 4.79 Å². The molecule has 1 amide bonds. The molecular weight excluding hydrogens is 200 g/mol. The van der Waals surface area contributed by atoms with E-state index in [-0.39, 0.29) is 5.91 Å². The highest BCUT2D eigenvalue weighted by atomic mass is 35.5. The Hall–Kier alpha value is -1.22. The van der Waals surface area contributed by atoms with Crippen LogP contribution in [0.3, 0.4) is 0 Å². The van der Waals surface area contributed by atoms with E-state index in [2.05, 4.69) is 5.32 Å². The Morgan fingerprint density at radius 3 is 2.86 bits per heavy atom. The van der Waals surface area contributed by atoms with E-state index < -0.39 is 0 Å². The molecule has 0 fully saturated rings. The highest BCUT2D eigenvalue weighted by Gasteiger charge is 2.12. The summed E-state index contributed by atoms with van der Waals surface area (Å²) in [6, 6.07) is 5.03. The minimum absolute atomic E-state index is 0.213. The summed E-state index contributed by atoms with van der Waals surface area (Å²) in [6.07, 6.45) is 0.885. The summed E-state index contributed by atoms with van der Waals surface area (Å²) in [5, 5.41) is 3.11.